The van der Waals surface area contributed by atoms with Crippen LogP contribution in [0.25, 0.3) is 33.9 Å². The topological polar surface area (TPSA) is 79.1 Å². The molecular formula is C19H14N2O3. The van der Waals surface area contributed by atoms with Crippen LogP contribution in [0.15, 0.2) is 59.0 Å². The van der Waals surface area contributed by atoms with E-state index < -0.39 is 5.97 Å². The van der Waals surface area contributed by atoms with Gasteiger partial charge in [-0.25, -0.2) is 9.78 Å². The number of imidazole rings is 1. The summed E-state index contributed by atoms with van der Waals surface area (Å²) in [5.74, 6) is 1.04. The van der Waals surface area contributed by atoms with Crippen molar-refractivity contribution in [2.45, 2.75) is 6.92 Å². The molecule has 0 aliphatic rings. The number of carbonyl (C=O) groups is 1. The zero-order chi connectivity index (χ0) is 16.7. The molecule has 118 valence electrons. The summed E-state index contributed by atoms with van der Waals surface area (Å²) >= 11 is 0. The Hall–Kier alpha value is -3.34. The Kier molecular flexibility index (Phi) is 3.20. The number of carboxylic acids is 1. The monoisotopic (exact) mass is 318 g/mol. The van der Waals surface area contributed by atoms with Gasteiger partial charge in [-0.3, -0.25) is 0 Å². The van der Waals surface area contributed by atoms with Gasteiger partial charge in [-0.1, -0.05) is 24.3 Å². The fourth-order valence-electron chi connectivity index (χ4n) is 2.69. The van der Waals surface area contributed by atoms with E-state index in [1.54, 1.807) is 24.3 Å². The summed E-state index contributed by atoms with van der Waals surface area (Å²) in [5, 5.41) is 8.95. The van der Waals surface area contributed by atoms with Crippen LogP contribution in [-0.4, -0.2) is 21.0 Å². The molecule has 5 heteroatoms. The molecule has 0 saturated heterocycles. The van der Waals surface area contributed by atoms with Crippen LogP contribution < -0.4 is 0 Å². The number of fused-ring (bicyclic) bond motifs is 1. The molecule has 0 aliphatic heterocycles. The van der Waals surface area contributed by atoms with Crippen molar-refractivity contribution in [3.63, 3.8) is 0 Å². The molecule has 0 fully saturated rings. The first kappa shape index (κ1) is 14.3. The van der Waals surface area contributed by atoms with E-state index in [2.05, 4.69) is 9.97 Å². The third kappa shape index (κ3) is 2.36. The fourth-order valence-corrected chi connectivity index (χ4v) is 2.69. The quantitative estimate of drug-likeness (QED) is 0.583. The lowest BCUT2D eigenvalue weighted by molar-refractivity contribution is 0.0697. The Labute approximate surface area is 137 Å². The Morgan fingerprint density at radius 3 is 2.50 bits per heavy atom. The van der Waals surface area contributed by atoms with Crippen LogP contribution in [-0.2, 0) is 0 Å². The maximum absolute atomic E-state index is 10.9. The number of hydrogen-bond donors (Lipinski definition) is 2. The second-order valence-corrected chi connectivity index (χ2v) is 5.60. The van der Waals surface area contributed by atoms with Crippen molar-refractivity contribution in [1.82, 2.24) is 9.97 Å². The second-order valence-electron chi connectivity index (χ2n) is 5.60. The third-order valence-electron chi connectivity index (χ3n) is 3.98. The summed E-state index contributed by atoms with van der Waals surface area (Å²) in [6, 6.07) is 16.2. The number of nitrogens with zero attached hydrogens (tertiary/aromatic N) is 1. The highest BCUT2D eigenvalue weighted by Crippen LogP contribution is 2.29. The molecule has 0 saturated carbocycles. The summed E-state index contributed by atoms with van der Waals surface area (Å²) in [7, 11) is 0. The van der Waals surface area contributed by atoms with E-state index in [4.69, 9.17) is 9.52 Å². The minimum atomic E-state index is -0.945. The van der Waals surface area contributed by atoms with Gasteiger partial charge in [0.05, 0.1) is 16.6 Å². The number of aromatic carboxylic acids is 1. The molecule has 2 aromatic heterocycles. The molecule has 0 atom stereocenters. The van der Waals surface area contributed by atoms with Crippen molar-refractivity contribution in [2.75, 3.05) is 0 Å². The normalized spacial score (nSPS) is 11.0. The summed E-state index contributed by atoms with van der Waals surface area (Å²) in [6.07, 6.45) is 0. The molecule has 2 aromatic carbocycles. The van der Waals surface area contributed by atoms with Gasteiger partial charge in [0.15, 0.2) is 11.6 Å². The van der Waals surface area contributed by atoms with Gasteiger partial charge < -0.3 is 14.5 Å². The average Bonchev–Trinajstić information content (AvgIpc) is 3.22. The van der Waals surface area contributed by atoms with Crippen molar-refractivity contribution in [1.29, 1.82) is 0 Å². The lowest BCUT2D eigenvalue weighted by atomic mass is 10.1. The molecule has 0 radical (unpaired) electrons. The van der Waals surface area contributed by atoms with Crippen LogP contribution in [0.1, 0.15) is 15.9 Å². The molecule has 4 rings (SSSR count). The van der Waals surface area contributed by atoms with Gasteiger partial charge in [0.25, 0.3) is 0 Å². The number of H-pyrrole nitrogens is 1. The summed E-state index contributed by atoms with van der Waals surface area (Å²) < 4.78 is 5.88. The van der Waals surface area contributed by atoms with Crippen LogP contribution in [0.5, 0.6) is 0 Å². The predicted molar refractivity (Wildman–Crippen MR) is 90.9 cm³/mol. The van der Waals surface area contributed by atoms with Gasteiger partial charge in [-0.15, -0.1) is 0 Å². The van der Waals surface area contributed by atoms with Crippen LogP contribution in [0.2, 0.25) is 0 Å². The molecule has 0 amide bonds. The molecule has 4 aromatic rings. The van der Waals surface area contributed by atoms with E-state index in [0.29, 0.717) is 17.3 Å². The van der Waals surface area contributed by atoms with E-state index in [1.165, 1.54) is 0 Å². The lowest BCUT2D eigenvalue weighted by Gasteiger charge is -1.98. The molecular weight excluding hydrogens is 304 g/mol. The Morgan fingerprint density at radius 2 is 1.79 bits per heavy atom. The summed E-state index contributed by atoms with van der Waals surface area (Å²) in [4.78, 5) is 18.8. The predicted octanol–water partition coefficient (Wildman–Crippen LogP) is 4.50. The molecule has 5 nitrogen and oxygen atoms in total. The van der Waals surface area contributed by atoms with Gasteiger partial charge in [-0.05, 0) is 42.8 Å². The summed E-state index contributed by atoms with van der Waals surface area (Å²) in [5.41, 5.74) is 4.09. The first-order chi connectivity index (χ1) is 11.6. The highest BCUT2D eigenvalue weighted by atomic mass is 16.4. The van der Waals surface area contributed by atoms with Gasteiger partial charge in [0, 0.05) is 5.56 Å². The number of hydrogen-bond acceptors (Lipinski definition) is 3. The van der Waals surface area contributed by atoms with Crippen LogP contribution in [0.4, 0.5) is 0 Å². The van der Waals surface area contributed by atoms with Crippen molar-refractivity contribution >= 4 is 17.0 Å². The average molecular weight is 318 g/mol. The number of aromatic amines is 1. The van der Waals surface area contributed by atoms with E-state index in [-0.39, 0.29) is 5.56 Å². The first-order valence-corrected chi connectivity index (χ1v) is 7.51. The molecule has 0 unspecified atom stereocenters. The number of rotatable bonds is 3. The standard InChI is InChI=1S/C19H14N2O3/c1-11-3-2-4-14-17(11)21-18(20-14)16-10-9-15(24-16)12-5-7-13(8-6-12)19(22)23/h2-10H,1H3,(H,20,21)(H,22,23). The molecule has 2 heterocycles. The highest BCUT2D eigenvalue weighted by Gasteiger charge is 2.12. The van der Waals surface area contributed by atoms with Crippen LogP contribution in [0.3, 0.4) is 0 Å². The van der Waals surface area contributed by atoms with E-state index in [9.17, 15) is 4.79 Å². The molecule has 2 N–H and O–H groups in total. The number of aromatic nitrogens is 2. The Balaban J connectivity index is 1.71. The first-order valence-electron chi connectivity index (χ1n) is 7.51. The molecule has 0 spiro atoms. The van der Waals surface area contributed by atoms with Gasteiger partial charge in [0.2, 0.25) is 0 Å². The highest BCUT2D eigenvalue weighted by molar-refractivity contribution is 5.88. The zero-order valence-corrected chi connectivity index (χ0v) is 12.9. The van der Waals surface area contributed by atoms with Gasteiger partial charge in [-0.2, -0.15) is 0 Å². The van der Waals surface area contributed by atoms with E-state index in [1.807, 2.05) is 37.3 Å². The van der Waals surface area contributed by atoms with Gasteiger partial charge in [0.1, 0.15) is 5.76 Å². The van der Waals surface area contributed by atoms with Crippen molar-refractivity contribution in [3.05, 3.63) is 65.7 Å². The largest absolute Gasteiger partial charge is 0.478 e. The number of benzene rings is 2. The van der Waals surface area contributed by atoms with Crippen molar-refractivity contribution < 1.29 is 14.3 Å². The van der Waals surface area contributed by atoms with Crippen molar-refractivity contribution in [3.8, 4) is 22.9 Å². The minimum absolute atomic E-state index is 0.248. The smallest absolute Gasteiger partial charge is 0.335 e. The third-order valence-corrected chi connectivity index (χ3v) is 3.98. The summed E-state index contributed by atoms with van der Waals surface area (Å²) in [6.45, 7) is 2.03. The molecule has 0 aliphatic carbocycles. The number of carboxylic acid groups (broad SMARTS) is 1. The van der Waals surface area contributed by atoms with E-state index in [0.717, 1.165) is 22.2 Å². The fraction of sp³-hybridized carbons (Fsp3) is 0.0526. The number of furan rings is 1. The van der Waals surface area contributed by atoms with Crippen LogP contribution >= 0.6 is 0 Å². The lowest BCUT2D eigenvalue weighted by Crippen LogP contribution is -1.94. The Morgan fingerprint density at radius 1 is 1.04 bits per heavy atom. The van der Waals surface area contributed by atoms with Crippen molar-refractivity contribution in [2.24, 2.45) is 0 Å². The minimum Gasteiger partial charge on any atom is -0.478 e. The zero-order valence-electron chi connectivity index (χ0n) is 12.9. The second kappa shape index (κ2) is 5.38. The van der Waals surface area contributed by atoms with E-state index >= 15 is 0 Å². The molecule has 0 bridgehead atoms. The SMILES string of the molecule is Cc1cccc2nc(-c3ccc(-c4ccc(C(=O)O)cc4)o3)[nH]c12. The molecule has 24 heavy (non-hydrogen) atoms. The number of aryl methyl sites for hydroxylation is 1. The van der Waals surface area contributed by atoms with Gasteiger partial charge >= 0.3 is 5.97 Å². The number of nitrogens with one attached hydrogen (secondary N) is 1. The number of para-hydroxylation sites is 1. The Bertz CT molecular complexity index is 1040. The maximum atomic E-state index is 10.9. The van der Waals surface area contributed by atoms with Crippen LogP contribution in [0, 0.1) is 6.92 Å². The maximum Gasteiger partial charge on any atom is 0.335 e.